The van der Waals surface area contributed by atoms with Crippen molar-refractivity contribution in [3.63, 3.8) is 0 Å². The molecule has 0 aromatic heterocycles. The first-order valence-electron chi connectivity index (χ1n) is 5.65. The van der Waals surface area contributed by atoms with Crippen molar-refractivity contribution in [2.75, 3.05) is 23.5 Å². The average Bonchev–Trinajstić information content (AvgIpc) is 2.26. The lowest BCUT2D eigenvalue weighted by Crippen LogP contribution is -2.35. The molecular formula is C11H18ClN3O2S. The van der Waals surface area contributed by atoms with Crippen LogP contribution in [0.4, 0.5) is 11.4 Å². The number of nitrogens with one attached hydrogen (secondary N) is 1. The van der Waals surface area contributed by atoms with Crippen LogP contribution in [-0.4, -0.2) is 25.8 Å². The first kappa shape index (κ1) is 15.1. The van der Waals surface area contributed by atoms with Crippen LogP contribution < -0.4 is 10.5 Å². The van der Waals surface area contributed by atoms with Crippen LogP contribution in [0.15, 0.2) is 12.1 Å². The molecule has 0 heterocycles. The van der Waals surface area contributed by atoms with E-state index >= 15 is 0 Å². The van der Waals surface area contributed by atoms with Gasteiger partial charge in [-0.05, 0) is 24.6 Å². The summed E-state index contributed by atoms with van der Waals surface area (Å²) in [5.74, 6) is 0. The van der Waals surface area contributed by atoms with Crippen LogP contribution in [0.25, 0.3) is 0 Å². The predicted octanol–water partition coefficient (Wildman–Crippen LogP) is 2.23. The number of hydrogen-bond donors (Lipinski definition) is 2. The van der Waals surface area contributed by atoms with Crippen LogP contribution >= 0.6 is 11.6 Å². The number of benzene rings is 1. The first-order chi connectivity index (χ1) is 8.31. The zero-order valence-corrected chi connectivity index (χ0v) is 12.3. The van der Waals surface area contributed by atoms with E-state index in [4.69, 9.17) is 17.3 Å². The highest BCUT2D eigenvalue weighted by Gasteiger charge is 2.19. The summed E-state index contributed by atoms with van der Waals surface area (Å²) in [7, 11) is -3.54. The normalized spacial score (nSPS) is 11.8. The van der Waals surface area contributed by atoms with Crippen LogP contribution in [0.3, 0.4) is 0 Å². The topological polar surface area (TPSA) is 75.4 Å². The Labute approximate surface area is 113 Å². The molecule has 18 heavy (non-hydrogen) atoms. The summed E-state index contributed by atoms with van der Waals surface area (Å²) in [6.07, 6.45) is 0. The lowest BCUT2D eigenvalue weighted by molar-refractivity contribution is 0.449. The summed E-state index contributed by atoms with van der Waals surface area (Å²) >= 11 is 5.89. The lowest BCUT2D eigenvalue weighted by atomic mass is 10.2. The molecule has 0 saturated carbocycles. The SMILES string of the molecule is CCN(CC)S(=O)(=O)Nc1cc(Cl)c(N)cc1C. The number of aryl methyl sites for hydroxylation is 1. The summed E-state index contributed by atoms with van der Waals surface area (Å²) in [4.78, 5) is 0. The lowest BCUT2D eigenvalue weighted by Gasteiger charge is -2.20. The highest BCUT2D eigenvalue weighted by atomic mass is 35.5. The molecule has 0 unspecified atom stereocenters. The highest BCUT2D eigenvalue weighted by molar-refractivity contribution is 7.90. The molecule has 0 aliphatic rings. The van der Waals surface area contributed by atoms with Crippen LogP contribution in [0, 0.1) is 6.92 Å². The first-order valence-corrected chi connectivity index (χ1v) is 7.47. The Bertz CT molecular complexity index is 527. The van der Waals surface area contributed by atoms with Gasteiger partial charge in [0.2, 0.25) is 0 Å². The molecule has 3 N–H and O–H groups in total. The summed E-state index contributed by atoms with van der Waals surface area (Å²) in [5, 5.41) is 0.331. The standard InChI is InChI=1S/C11H18ClN3O2S/c1-4-15(5-2)18(16,17)14-11-7-9(12)10(13)6-8(11)3/h6-7,14H,4-5,13H2,1-3H3. The molecule has 102 valence electrons. The Hall–Kier alpha value is -0.980. The number of halogens is 1. The van der Waals surface area contributed by atoms with E-state index in [1.165, 1.54) is 10.4 Å². The minimum atomic E-state index is -3.54. The van der Waals surface area contributed by atoms with E-state index in [1.54, 1.807) is 26.8 Å². The van der Waals surface area contributed by atoms with Crippen molar-refractivity contribution in [3.8, 4) is 0 Å². The molecule has 0 amide bonds. The van der Waals surface area contributed by atoms with E-state index in [-0.39, 0.29) is 0 Å². The van der Waals surface area contributed by atoms with Crippen LogP contribution in [0.5, 0.6) is 0 Å². The van der Waals surface area contributed by atoms with E-state index in [0.717, 1.165) is 5.56 Å². The predicted molar refractivity (Wildman–Crippen MR) is 76.1 cm³/mol. The van der Waals surface area contributed by atoms with Crippen molar-refractivity contribution in [2.24, 2.45) is 0 Å². The van der Waals surface area contributed by atoms with Gasteiger partial charge in [0, 0.05) is 13.1 Å². The number of nitrogens with two attached hydrogens (primary N) is 1. The van der Waals surface area contributed by atoms with Gasteiger partial charge in [0.1, 0.15) is 0 Å². The second-order valence-electron chi connectivity index (χ2n) is 3.88. The van der Waals surface area contributed by atoms with Crippen LogP contribution in [0.1, 0.15) is 19.4 Å². The maximum Gasteiger partial charge on any atom is 0.301 e. The Balaban J connectivity index is 3.08. The summed E-state index contributed by atoms with van der Waals surface area (Å²) in [6, 6.07) is 3.16. The fourth-order valence-electron chi connectivity index (χ4n) is 1.58. The van der Waals surface area contributed by atoms with Gasteiger partial charge in [-0.1, -0.05) is 25.4 Å². The third kappa shape index (κ3) is 3.28. The van der Waals surface area contributed by atoms with Gasteiger partial charge in [-0.15, -0.1) is 0 Å². The molecule has 0 spiro atoms. The minimum absolute atomic E-state index is 0.331. The van der Waals surface area contributed by atoms with Gasteiger partial charge in [0.05, 0.1) is 16.4 Å². The van der Waals surface area contributed by atoms with Gasteiger partial charge in [0.25, 0.3) is 0 Å². The van der Waals surface area contributed by atoms with Gasteiger partial charge in [-0.3, -0.25) is 4.72 Å². The average molecular weight is 292 g/mol. The fraction of sp³-hybridized carbons (Fsp3) is 0.455. The second kappa shape index (κ2) is 5.77. The van der Waals surface area contributed by atoms with Crippen molar-refractivity contribution < 1.29 is 8.42 Å². The van der Waals surface area contributed by atoms with Crippen molar-refractivity contribution >= 4 is 33.2 Å². The van der Waals surface area contributed by atoms with Gasteiger partial charge >= 0.3 is 10.2 Å². The summed E-state index contributed by atoms with van der Waals surface area (Å²) in [6.45, 7) is 6.16. The van der Waals surface area contributed by atoms with Gasteiger partial charge < -0.3 is 5.73 Å². The summed E-state index contributed by atoms with van der Waals surface area (Å²) in [5.41, 5.74) is 7.25. The van der Waals surface area contributed by atoms with E-state index in [9.17, 15) is 8.42 Å². The van der Waals surface area contributed by atoms with Gasteiger partial charge in [0.15, 0.2) is 0 Å². The molecular weight excluding hydrogens is 274 g/mol. The van der Waals surface area contributed by atoms with Gasteiger partial charge in [-0.25, -0.2) is 0 Å². The maximum atomic E-state index is 12.1. The van der Waals surface area contributed by atoms with E-state index in [2.05, 4.69) is 4.72 Å². The summed E-state index contributed by atoms with van der Waals surface area (Å²) < 4.78 is 27.9. The third-order valence-electron chi connectivity index (χ3n) is 2.63. The van der Waals surface area contributed by atoms with E-state index in [0.29, 0.717) is 29.5 Å². The van der Waals surface area contributed by atoms with E-state index < -0.39 is 10.2 Å². The molecule has 0 fully saturated rings. The molecule has 0 atom stereocenters. The van der Waals surface area contributed by atoms with Crippen LogP contribution in [-0.2, 0) is 10.2 Å². The minimum Gasteiger partial charge on any atom is -0.398 e. The molecule has 0 saturated heterocycles. The van der Waals surface area contributed by atoms with Crippen molar-refractivity contribution in [1.29, 1.82) is 0 Å². The number of nitrogens with zero attached hydrogens (tertiary/aromatic N) is 1. The monoisotopic (exact) mass is 291 g/mol. The highest BCUT2D eigenvalue weighted by Crippen LogP contribution is 2.27. The van der Waals surface area contributed by atoms with Crippen molar-refractivity contribution in [3.05, 3.63) is 22.7 Å². The molecule has 0 bridgehead atoms. The Kier molecular flexibility index (Phi) is 4.84. The van der Waals surface area contributed by atoms with Crippen molar-refractivity contribution in [2.45, 2.75) is 20.8 Å². The molecule has 0 aliphatic carbocycles. The Morgan fingerprint density at radius 2 is 1.89 bits per heavy atom. The van der Waals surface area contributed by atoms with E-state index in [1.807, 2.05) is 0 Å². The molecule has 7 heteroatoms. The number of rotatable bonds is 5. The number of hydrogen-bond acceptors (Lipinski definition) is 3. The fourth-order valence-corrected chi connectivity index (χ4v) is 3.05. The third-order valence-corrected chi connectivity index (χ3v) is 4.63. The second-order valence-corrected chi connectivity index (χ2v) is 5.96. The smallest absolute Gasteiger partial charge is 0.301 e. The number of nitrogen functional groups attached to an aromatic ring is 1. The quantitative estimate of drug-likeness (QED) is 0.817. The molecule has 1 aromatic carbocycles. The molecule has 0 aliphatic heterocycles. The Morgan fingerprint density at radius 3 is 2.39 bits per heavy atom. The molecule has 1 aromatic rings. The Morgan fingerprint density at radius 1 is 1.33 bits per heavy atom. The van der Waals surface area contributed by atoms with Gasteiger partial charge in [-0.2, -0.15) is 12.7 Å². The van der Waals surface area contributed by atoms with Crippen LogP contribution in [0.2, 0.25) is 5.02 Å². The zero-order chi connectivity index (χ0) is 13.9. The number of anilines is 2. The zero-order valence-electron chi connectivity index (χ0n) is 10.7. The van der Waals surface area contributed by atoms with Crippen molar-refractivity contribution in [1.82, 2.24) is 4.31 Å². The molecule has 5 nitrogen and oxygen atoms in total. The maximum absolute atomic E-state index is 12.1. The molecule has 0 radical (unpaired) electrons. The largest absolute Gasteiger partial charge is 0.398 e. The molecule has 1 rings (SSSR count).